The number of aromatic nitrogens is 3. The van der Waals surface area contributed by atoms with Crippen LogP contribution in [0.15, 0.2) is 53.2 Å². The first-order chi connectivity index (χ1) is 12.2. The molecule has 1 fully saturated rings. The standard InChI is InChI=1S/C18H17FN4OS/c19-15-7-5-13(6-8-15)17-21-23(18(25)24-17)12-22-10-2-4-16(22)14-3-1-9-20-11-14/h1,3,5-9,11,16H,2,4,10,12H2. The Balaban J connectivity index is 1.56. The lowest BCUT2D eigenvalue weighted by atomic mass is 10.1. The molecular weight excluding hydrogens is 339 g/mol. The number of rotatable bonds is 4. The second-order valence-corrected chi connectivity index (χ2v) is 6.43. The zero-order valence-electron chi connectivity index (χ0n) is 13.5. The van der Waals surface area contributed by atoms with Gasteiger partial charge in [-0.1, -0.05) is 6.07 Å². The summed E-state index contributed by atoms with van der Waals surface area (Å²) in [5, 5.41) is 4.47. The highest BCUT2D eigenvalue weighted by atomic mass is 32.1. The highest BCUT2D eigenvalue weighted by Gasteiger charge is 2.27. The maximum atomic E-state index is 13.1. The molecule has 0 aliphatic carbocycles. The Bertz CT molecular complexity index is 907. The van der Waals surface area contributed by atoms with Crippen LogP contribution in [0, 0.1) is 10.7 Å². The third-order valence-electron chi connectivity index (χ3n) is 4.45. The predicted molar refractivity (Wildman–Crippen MR) is 93.6 cm³/mol. The molecule has 3 aromatic rings. The van der Waals surface area contributed by atoms with E-state index in [1.165, 1.54) is 17.7 Å². The third-order valence-corrected chi connectivity index (χ3v) is 4.74. The van der Waals surface area contributed by atoms with Crippen LogP contribution in [-0.4, -0.2) is 26.2 Å². The van der Waals surface area contributed by atoms with Crippen LogP contribution in [-0.2, 0) is 6.67 Å². The van der Waals surface area contributed by atoms with Crippen LogP contribution in [0.3, 0.4) is 0 Å². The molecule has 1 unspecified atom stereocenters. The lowest BCUT2D eigenvalue weighted by molar-refractivity contribution is 0.187. The summed E-state index contributed by atoms with van der Waals surface area (Å²) in [4.78, 5) is 6.86. The monoisotopic (exact) mass is 356 g/mol. The number of pyridine rings is 1. The quantitative estimate of drug-likeness (QED) is 0.656. The molecule has 2 aromatic heterocycles. The zero-order valence-corrected chi connectivity index (χ0v) is 14.3. The average Bonchev–Trinajstić information content (AvgIpc) is 3.24. The largest absolute Gasteiger partial charge is 0.409 e. The van der Waals surface area contributed by atoms with Gasteiger partial charge in [0.25, 0.3) is 4.84 Å². The van der Waals surface area contributed by atoms with Crippen molar-refractivity contribution >= 4 is 12.2 Å². The SMILES string of the molecule is Fc1ccc(-c2nn(CN3CCCC3c3cccnc3)c(=S)o2)cc1. The van der Waals surface area contributed by atoms with Gasteiger partial charge in [-0.2, -0.15) is 0 Å². The minimum absolute atomic E-state index is 0.293. The summed E-state index contributed by atoms with van der Waals surface area (Å²) in [7, 11) is 0. The number of hydrogen-bond donors (Lipinski definition) is 0. The molecule has 0 radical (unpaired) electrons. The van der Waals surface area contributed by atoms with Gasteiger partial charge in [-0.3, -0.25) is 9.88 Å². The summed E-state index contributed by atoms with van der Waals surface area (Å²) >= 11 is 5.31. The number of halogens is 1. The Morgan fingerprint density at radius 2 is 2.08 bits per heavy atom. The maximum Gasteiger partial charge on any atom is 0.288 e. The Labute approximate surface area is 149 Å². The molecule has 0 spiro atoms. The maximum absolute atomic E-state index is 13.1. The fourth-order valence-electron chi connectivity index (χ4n) is 3.22. The Hall–Kier alpha value is -2.38. The van der Waals surface area contributed by atoms with Gasteiger partial charge in [0.1, 0.15) is 5.82 Å². The van der Waals surface area contributed by atoms with Crippen molar-refractivity contribution in [2.45, 2.75) is 25.6 Å². The Kier molecular flexibility index (Phi) is 4.42. The normalized spacial score (nSPS) is 17.9. The van der Waals surface area contributed by atoms with Gasteiger partial charge in [0, 0.05) is 30.5 Å². The topological polar surface area (TPSA) is 47.1 Å². The number of hydrogen-bond acceptors (Lipinski definition) is 5. The van der Waals surface area contributed by atoms with Gasteiger partial charge in [0.15, 0.2) is 0 Å². The lowest BCUT2D eigenvalue weighted by Gasteiger charge is -2.23. The van der Waals surface area contributed by atoms with E-state index in [1.54, 1.807) is 23.0 Å². The van der Waals surface area contributed by atoms with E-state index in [1.807, 2.05) is 12.3 Å². The van der Waals surface area contributed by atoms with Crippen LogP contribution in [0.2, 0.25) is 0 Å². The fourth-order valence-corrected chi connectivity index (χ4v) is 3.40. The van der Waals surface area contributed by atoms with Crippen molar-refractivity contribution in [2.24, 2.45) is 0 Å². The number of nitrogens with zero attached hydrogens (tertiary/aromatic N) is 4. The van der Waals surface area contributed by atoms with Gasteiger partial charge >= 0.3 is 0 Å². The number of likely N-dealkylation sites (tertiary alicyclic amines) is 1. The van der Waals surface area contributed by atoms with E-state index in [-0.39, 0.29) is 5.82 Å². The van der Waals surface area contributed by atoms with Crippen molar-refractivity contribution in [3.8, 4) is 11.5 Å². The second kappa shape index (κ2) is 6.85. The van der Waals surface area contributed by atoms with E-state index in [0.717, 1.165) is 19.4 Å². The minimum Gasteiger partial charge on any atom is -0.409 e. The van der Waals surface area contributed by atoms with Crippen LogP contribution < -0.4 is 0 Å². The van der Waals surface area contributed by atoms with Crippen molar-refractivity contribution in [3.63, 3.8) is 0 Å². The Morgan fingerprint density at radius 3 is 2.84 bits per heavy atom. The molecule has 7 heteroatoms. The third kappa shape index (κ3) is 3.38. The first kappa shape index (κ1) is 16.1. The molecular formula is C18H17FN4OS. The van der Waals surface area contributed by atoms with Gasteiger partial charge in [-0.05, 0) is 61.0 Å². The molecule has 1 saturated heterocycles. The highest BCUT2D eigenvalue weighted by molar-refractivity contribution is 7.71. The van der Waals surface area contributed by atoms with Crippen molar-refractivity contribution < 1.29 is 8.81 Å². The zero-order chi connectivity index (χ0) is 17.2. The minimum atomic E-state index is -0.293. The summed E-state index contributed by atoms with van der Waals surface area (Å²) in [5.41, 5.74) is 1.91. The molecule has 0 bridgehead atoms. The molecule has 128 valence electrons. The molecule has 5 nitrogen and oxygen atoms in total. The average molecular weight is 356 g/mol. The molecule has 1 atom stereocenters. The molecule has 0 N–H and O–H groups in total. The first-order valence-corrected chi connectivity index (χ1v) is 8.59. The summed E-state index contributed by atoms with van der Waals surface area (Å²) < 4.78 is 20.4. The van der Waals surface area contributed by atoms with Crippen molar-refractivity contribution in [3.05, 3.63) is 65.0 Å². The van der Waals surface area contributed by atoms with Crippen molar-refractivity contribution in [1.82, 2.24) is 19.7 Å². The van der Waals surface area contributed by atoms with Gasteiger partial charge in [0.2, 0.25) is 5.89 Å². The molecule has 3 heterocycles. The van der Waals surface area contributed by atoms with Crippen LogP contribution in [0.1, 0.15) is 24.4 Å². The fraction of sp³-hybridized carbons (Fsp3) is 0.278. The molecule has 25 heavy (non-hydrogen) atoms. The molecule has 1 aromatic carbocycles. The van der Waals surface area contributed by atoms with Crippen LogP contribution >= 0.6 is 12.2 Å². The first-order valence-electron chi connectivity index (χ1n) is 8.18. The summed E-state index contributed by atoms with van der Waals surface area (Å²) in [5.74, 6) is 0.111. The predicted octanol–water partition coefficient (Wildman–Crippen LogP) is 4.20. The van der Waals surface area contributed by atoms with Crippen LogP contribution in [0.5, 0.6) is 0 Å². The number of benzene rings is 1. The van der Waals surface area contributed by atoms with Crippen molar-refractivity contribution in [1.29, 1.82) is 0 Å². The molecule has 1 aliphatic heterocycles. The van der Waals surface area contributed by atoms with E-state index < -0.39 is 0 Å². The van der Waals surface area contributed by atoms with E-state index >= 15 is 0 Å². The van der Waals surface area contributed by atoms with Gasteiger partial charge in [-0.15, -0.1) is 5.10 Å². The van der Waals surface area contributed by atoms with Gasteiger partial charge in [0.05, 0.1) is 6.67 Å². The van der Waals surface area contributed by atoms with E-state index in [0.29, 0.717) is 29.0 Å². The summed E-state index contributed by atoms with van der Waals surface area (Å²) in [6, 6.07) is 10.4. The Morgan fingerprint density at radius 1 is 1.24 bits per heavy atom. The van der Waals surface area contributed by atoms with Crippen LogP contribution in [0.4, 0.5) is 4.39 Å². The van der Waals surface area contributed by atoms with E-state index in [4.69, 9.17) is 16.6 Å². The van der Waals surface area contributed by atoms with E-state index in [9.17, 15) is 4.39 Å². The smallest absolute Gasteiger partial charge is 0.288 e. The molecule has 4 rings (SSSR count). The van der Waals surface area contributed by atoms with Gasteiger partial charge in [-0.25, -0.2) is 9.07 Å². The summed E-state index contributed by atoms with van der Waals surface area (Å²) in [6.45, 7) is 1.53. The molecule has 1 aliphatic rings. The van der Waals surface area contributed by atoms with E-state index in [2.05, 4.69) is 21.0 Å². The van der Waals surface area contributed by atoms with Crippen molar-refractivity contribution in [2.75, 3.05) is 6.54 Å². The molecule has 0 amide bonds. The highest BCUT2D eigenvalue weighted by Crippen LogP contribution is 2.32. The molecule has 0 saturated carbocycles. The second-order valence-electron chi connectivity index (χ2n) is 6.08. The van der Waals surface area contributed by atoms with Crippen LogP contribution in [0.25, 0.3) is 11.5 Å². The lowest BCUT2D eigenvalue weighted by Crippen LogP contribution is -2.26. The summed E-state index contributed by atoms with van der Waals surface area (Å²) in [6.07, 6.45) is 5.90. The van der Waals surface area contributed by atoms with Gasteiger partial charge < -0.3 is 4.42 Å².